The van der Waals surface area contributed by atoms with Crippen molar-refractivity contribution in [2.24, 2.45) is 5.92 Å². The number of amides is 2. The Balaban J connectivity index is 2.11. The molecule has 2 fully saturated rings. The first-order valence-electron chi connectivity index (χ1n) is 7.27. The molecular weight excluding hydrogens is 228 g/mol. The van der Waals surface area contributed by atoms with Crippen LogP contribution >= 0.6 is 0 Å². The van der Waals surface area contributed by atoms with E-state index in [1.165, 1.54) is 0 Å². The van der Waals surface area contributed by atoms with Crippen LogP contribution in [0.3, 0.4) is 0 Å². The number of hydrogen-bond donors (Lipinski definition) is 1. The molecule has 1 heterocycles. The van der Waals surface area contributed by atoms with E-state index < -0.39 is 0 Å². The van der Waals surface area contributed by atoms with Gasteiger partial charge in [-0.2, -0.15) is 0 Å². The molecule has 2 amide bonds. The van der Waals surface area contributed by atoms with Crippen molar-refractivity contribution in [1.29, 1.82) is 0 Å². The highest BCUT2D eigenvalue weighted by Gasteiger charge is 2.42. The number of carbonyl (C=O) groups excluding carboxylic acids is 2. The predicted molar refractivity (Wildman–Crippen MR) is 70.0 cm³/mol. The fourth-order valence-corrected chi connectivity index (χ4v) is 2.84. The van der Waals surface area contributed by atoms with Crippen molar-refractivity contribution in [1.82, 2.24) is 10.2 Å². The molecule has 1 saturated carbocycles. The molecule has 0 radical (unpaired) electrons. The Morgan fingerprint density at radius 3 is 2.61 bits per heavy atom. The lowest BCUT2D eigenvalue weighted by atomic mass is 10.0. The first-order chi connectivity index (χ1) is 8.67. The van der Waals surface area contributed by atoms with Crippen LogP contribution in [0.4, 0.5) is 0 Å². The molecule has 1 aliphatic heterocycles. The molecule has 2 unspecified atom stereocenters. The number of nitrogens with zero attached hydrogens (tertiary/aromatic N) is 1. The predicted octanol–water partition coefficient (Wildman–Crippen LogP) is 1.69. The van der Waals surface area contributed by atoms with Crippen molar-refractivity contribution >= 4 is 11.8 Å². The van der Waals surface area contributed by atoms with E-state index in [9.17, 15) is 9.59 Å². The Labute approximate surface area is 109 Å². The fourth-order valence-electron chi connectivity index (χ4n) is 2.84. The number of hydrogen-bond acceptors (Lipinski definition) is 2. The van der Waals surface area contributed by atoms with E-state index in [4.69, 9.17) is 0 Å². The van der Waals surface area contributed by atoms with Crippen molar-refractivity contribution in [2.75, 3.05) is 6.54 Å². The van der Waals surface area contributed by atoms with Crippen molar-refractivity contribution in [2.45, 2.75) is 64.5 Å². The normalized spacial score (nSPS) is 26.8. The summed E-state index contributed by atoms with van der Waals surface area (Å²) in [5, 5.41) is 2.91. The molecule has 0 bridgehead atoms. The average molecular weight is 252 g/mol. The van der Waals surface area contributed by atoms with Crippen molar-refractivity contribution in [3.8, 4) is 0 Å². The van der Waals surface area contributed by atoms with Gasteiger partial charge in [0.25, 0.3) is 0 Å². The van der Waals surface area contributed by atoms with Gasteiger partial charge in [-0.05, 0) is 31.6 Å². The standard InChI is InChI=1S/C14H24N2O2/c1-3-5-11(4-2)16-9-8-12(17)15-13(14(16)18)10-6-7-10/h10-11,13H,3-9H2,1-2H3,(H,15,17). The van der Waals surface area contributed by atoms with Crippen LogP contribution in [0.5, 0.6) is 0 Å². The minimum Gasteiger partial charge on any atom is -0.344 e. The van der Waals surface area contributed by atoms with E-state index in [1.807, 2.05) is 4.90 Å². The summed E-state index contributed by atoms with van der Waals surface area (Å²) in [5.41, 5.74) is 0. The quantitative estimate of drug-likeness (QED) is 0.809. The van der Waals surface area contributed by atoms with Crippen LogP contribution in [-0.2, 0) is 9.59 Å². The lowest BCUT2D eigenvalue weighted by molar-refractivity contribution is -0.136. The van der Waals surface area contributed by atoms with E-state index in [-0.39, 0.29) is 17.9 Å². The van der Waals surface area contributed by atoms with Gasteiger partial charge in [-0.15, -0.1) is 0 Å². The third-order valence-corrected chi connectivity index (χ3v) is 4.07. The summed E-state index contributed by atoms with van der Waals surface area (Å²) in [6, 6.07) is 0.0577. The molecule has 4 nitrogen and oxygen atoms in total. The van der Waals surface area contributed by atoms with Gasteiger partial charge in [0.1, 0.15) is 6.04 Å². The summed E-state index contributed by atoms with van der Waals surface area (Å²) < 4.78 is 0. The summed E-state index contributed by atoms with van der Waals surface area (Å²) in [7, 11) is 0. The number of nitrogens with one attached hydrogen (secondary N) is 1. The Morgan fingerprint density at radius 1 is 1.33 bits per heavy atom. The minimum atomic E-state index is -0.245. The Hall–Kier alpha value is -1.06. The molecule has 0 aromatic heterocycles. The zero-order valence-electron chi connectivity index (χ0n) is 11.4. The molecule has 2 aliphatic rings. The molecule has 2 rings (SSSR count). The molecule has 0 aromatic rings. The maximum Gasteiger partial charge on any atom is 0.245 e. The summed E-state index contributed by atoms with van der Waals surface area (Å²) >= 11 is 0. The number of carbonyl (C=O) groups is 2. The van der Waals surface area contributed by atoms with Crippen molar-refractivity contribution in [3.63, 3.8) is 0 Å². The van der Waals surface area contributed by atoms with E-state index in [2.05, 4.69) is 19.2 Å². The smallest absolute Gasteiger partial charge is 0.245 e. The first kappa shape index (κ1) is 13.4. The molecular formula is C14H24N2O2. The highest BCUT2D eigenvalue weighted by atomic mass is 16.2. The monoisotopic (exact) mass is 252 g/mol. The third kappa shape index (κ3) is 2.85. The van der Waals surface area contributed by atoms with Crippen LogP contribution in [-0.4, -0.2) is 35.3 Å². The average Bonchev–Trinajstić information content (AvgIpc) is 3.17. The molecule has 18 heavy (non-hydrogen) atoms. The second-order valence-corrected chi connectivity index (χ2v) is 5.51. The van der Waals surface area contributed by atoms with Crippen LogP contribution in [0.15, 0.2) is 0 Å². The SMILES string of the molecule is CCCC(CC)N1CCC(=O)NC(C2CC2)C1=O. The molecule has 2 atom stereocenters. The van der Waals surface area contributed by atoms with Gasteiger partial charge in [0.15, 0.2) is 0 Å². The summed E-state index contributed by atoms with van der Waals surface area (Å²) in [6.45, 7) is 4.86. The topological polar surface area (TPSA) is 49.4 Å². The van der Waals surface area contributed by atoms with Gasteiger partial charge in [-0.3, -0.25) is 9.59 Å². The zero-order valence-corrected chi connectivity index (χ0v) is 11.4. The van der Waals surface area contributed by atoms with Crippen LogP contribution < -0.4 is 5.32 Å². The van der Waals surface area contributed by atoms with Gasteiger partial charge in [-0.1, -0.05) is 20.3 Å². The molecule has 1 aliphatic carbocycles. The second-order valence-electron chi connectivity index (χ2n) is 5.51. The summed E-state index contributed by atoms with van der Waals surface area (Å²) in [5.74, 6) is 0.582. The molecule has 1 N–H and O–H groups in total. The van der Waals surface area contributed by atoms with Gasteiger partial charge < -0.3 is 10.2 Å². The maximum absolute atomic E-state index is 12.6. The van der Waals surface area contributed by atoms with Crippen LogP contribution in [0.2, 0.25) is 0 Å². The molecule has 0 spiro atoms. The van der Waals surface area contributed by atoms with Gasteiger partial charge in [0, 0.05) is 19.0 Å². The molecule has 1 saturated heterocycles. The summed E-state index contributed by atoms with van der Waals surface area (Å²) in [4.78, 5) is 26.2. The second kappa shape index (κ2) is 5.72. The highest BCUT2D eigenvalue weighted by molar-refractivity contribution is 5.90. The van der Waals surface area contributed by atoms with Crippen LogP contribution in [0.25, 0.3) is 0 Å². The minimum absolute atomic E-state index is 0.0362. The van der Waals surface area contributed by atoms with Gasteiger partial charge >= 0.3 is 0 Å². The fraction of sp³-hybridized carbons (Fsp3) is 0.857. The van der Waals surface area contributed by atoms with Gasteiger partial charge in [0.05, 0.1) is 0 Å². The zero-order chi connectivity index (χ0) is 13.1. The summed E-state index contributed by atoms with van der Waals surface area (Å²) in [6.07, 6.45) is 5.70. The largest absolute Gasteiger partial charge is 0.344 e. The Bertz CT molecular complexity index is 326. The van der Waals surface area contributed by atoms with Crippen LogP contribution in [0.1, 0.15) is 52.4 Å². The van der Waals surface area contributed by atoms with E-state index >= 15 is 0 Å². The number of rotatable bonds is 5. The highest BCUT2D eigenvalue weighted by Crippen LogP contribution is 2.34. The Kier molecular flexibility index (Phi) is 4.25. The third-order valence-electron chi connectivity index (χ3n) is 4.07. The van der Waals surface area contributed by atoms with Crippen molar-refractivity contribution < 1.29 is 9.59 Å². The molecule has 0 aromatic carbocycles. The van der Waals surface area contributed by atoms with Gasteiger partial charge in [0.2, 0.25) is 11.8 Å². The molecule has 102 valence electrons. The van der Waals surface area contributed by atoms with E-state index in [1.54, 1.807) is 0 Å². The molecule has 4 heteroatoms. The van der Waals surface area contributed by atoms with Crippen molar-refractivity contribution in [3.05, 3.63) is 0 Å². The first-order valence-corrected chi connectivity index (χ1v) is 7.27. The van der Waals surface area contributed by atoms with E-state index in [0.717, 1.165) is 32.1 Å². The van der Waals surface area contributed by atoms with Gasteiger partial charge in [-0.25, -0.2) is 0 Å². The van der Waals surface area contributed by atoms with Crippen LogP contribution in [0, 0.1) is 5.92 Å². The lowest BCUT2D eigenvalue weighted by Crippen LogP contribution is -2.49. The maximum atomic E-state index is 12.6. The lowest BCUT2D eigenvalue weighted by Gasteiger charge is -2.31. The Morgan fingerprint density at radius 2 is 2.06 bits per heavy atom. The van der Waals surface area contributed by atoms with E-state index in [0.29, 0.717) is 24.9 Å².